The second kappa shape index (κ2) is 4.68. The second-order valence-corrected chi connectivity index (χ2v) is 6.53. The Balaban J connectivity index is 2.46. The van der Waals surface area contributed by atoms with Gasteiger partial charge in [0.15, 0.2) is 9.84 Å². The molecule has 1 aromatic carbocycles. The van der Waals surface area contributed by atoms with Crippen LogP contribution in [0.25, 0.3) is 0 Å². The lowest BCUT2D eigenvalue weighted by Crippen LogP contribution is -2.42. The lowest BCUT2D eigenvalue weighted by Gasteiger charge is -2.23. The van der Waals surface area contributed by atoms with Crippen molar-refractivity contribution in [3.05, 3.63) is 29.3 Å². The summed E-state index contributed by atoms with van der Waals surface area (Å²) in [6.07, 6.45) is 0.393. The molecule has 0 fully saturated rings. The molecule has 0 radical (unpaired) electrons. The zero-order valence-corrected chi connectivity index (χ0v) is 10.8. The van der Waals surface area contributed by atoms with Crippen molar-refractivity contribution in [3.8, 4) is 0 Å². The summed E-state index contributed by atoms with van der Waals surface area (Å²) in [5.74, 6) is -0.424. The largest absolute Gasteiger partial charge is 0.346 e. The molecule has 0 aliphatic carbocycles. The number of carbonyl (C=O) groups is 1. The van der Waals surface area contributed by atoms with Gasteiger partial charge in [-0.2, -0.15) is 0 Å². The van der Waals surface area contributed by atoms with Crippen LogP contribution in [0, 0.1) is 0 Å². The van der Waals surface area contributed by atoms with Crippen molar-refractivity contribution in [1.82, 2.24) is 5.32 Å². The van der Waals surface area contributed by atoms with Crippen LogP contribution < -0.4 is 5.32 Å². The molecule has 1 heterocycles. The van der Waals surface area contributed by atoms with Gasteiger partial charge in [-0.25, -0.2) is 12.8 Å². The minimum Gasteiger partial charge on any atom is -0.346 e. The van der Waals surface area contributed by atoms with Crippen LogP contribution in [0.5, 0.6) is 0 Å². The number of fused-ring (bicyclic) bond motifs is 1. The molecule has 1 N–H and O–H groups in total. The van der Waals surface area contributed by atoms with Crippen molar-refractivity contribution in [3.63, 3.8) is 0 Å². The highest BCUT2D eigenvalue weighted by Gasteiger charge is 2.25. The molecule has 0 spiro atoms. The van der Waals surface area contributed by atoms with E-state index >= 15 is 0 Å². The molecule has 1 aliphatic rings. The fourth-order valence-corrected chi connectivity index (χ4v) is 2.88. The molecule has 0 bridgehead atoms. The Hall–Kier alpha value is -1.43. The molecule has 0 saturated heterocycles. The molecule has 0 saturated carbocycles. The Labute approximate surface area is 105 Å². The zero-order chi connectivity index (χ0) is 13.3. The minimum atomic E-state index is -3.33. The van der Waals surface area contributed by atoms with Gasteiger partial charge in [0.2, 0.25) is 0 Å². The third-order valence-corrected chi connectivity index (χ3v) is 4.79. The van der Waals surface area contributed by atoms with Crippen molar-refractivity contribution >= 4 is 15.7 Å². The van der Waals surface area contributed by atoms with Crippen molar-refractivity contribution in [2.24, 2.45) is 0 Å². The standard InChI is InChI=1S/C12H14FNO3S/c1-2-18(16,17)10-4-3-8-5-9(7-13)14-12(15)11(8)6-10/h3-4,6,9H,2,5,7H2,1H3,(H,14,15). The predicted molar refractivity (Wildman–Crippen MR) is 65.1 cm³/mol. The molecular weight excluding hydrogens is 257 g/mol. The van der Waals surface area contributed by atoms with Crippen LogP contribution in [0.15, 0.2) is 23.1 Å². The van der Waals surface area contributed by atoms with Crippen LogP contribution in [0.3, 0.4) is 0 Å². The first-order valence-corrected chi connectivity index (χ1v) is 7.35. The van der Waals surface area contributed by atoms with Crippen LogP contribution in [-0.2, 0) is 16.3 Å². The van der Waals surface area contributed by atoms with Crippen LogP contribution in [0.1, 0.15) is 22.8 Å². The number of hydrogen-bond acceptors (Lipinski definition) is 3. The first kappa shape index (κ1) is 13.0. The second-order valence-electron chi connectivity index (χ2n) is 4.25. The van der Waals surface area contributed by atoms with Gasteiger partial charge < -0.3 is 5.32 Å². The first-order chi connectivity index (χ1) is 8.47. The molecule has 1 aromatic rings. The van der Waals surface area contributed by atoms with Gasteiger partial charge in [-0.1, -0.05) is 13.0 Å². The van der Waals surface area contributed by atoms with E-state index in [2.05, 4.69) is 5.32 Å². The van der Waals surface area contributed by atoms with Gasteiger partial charge >= 0.3 is 0 Å². The van der Waals surface area contributed by atoms with Gasteiger partial charge in [0, 0.05) is 5.56 Å². The number of nitrogens with one attached hydrogen (secondary N) is 1. The smallest absolute Gasteiger partial charge is 0.251 e. The Morgan fingerprint density at radius 1 is 1.44 bits per heavy atom. The molecule has 1 atom stereocenters. The number of amides is 1. The van der Waals surface area contributed by atoms with Crippen molar-refractivity contribution in [2.45, 2.75) is 24.3 Å². The molecule has 1 aliphatic heterocycles. The van der Waals surface area contributed by atoms with E-state index < -0.39 is 28.5 Å². The maximum atomic E-state index is 12.6. The molecular formula is C12H14FNO3S. The van der Waals surface area contributed by atoms with Gasteiger partial charge in [0.25, 0.3) is 5.91 Å². The minimum absolute atomic E-state index is 0.0134. The quantitative estimate of drug-likeness (QED) is 0.895. The summed E-state index contributed by atoms with van der Waals surface area (Å²) in [5, 5.41) is 2.51. The summed E-state index contributed by atoms with van der Waals surface area (Å²) < 4.78 is 36.0. The van der Waals surface area contributed by atoms with Gasteiger partial charge in [0.05, 0.1) is 16.7 Å². The van der Waals surface area contributed by atoms with Gasteiger partial charge in [0.1, 0.15) is 6.67 Å². The molecule has 0 aromatic heterocycles. The summed E-state index contributed by atoms with van der Waals surface area (Å²) in [6, 6.07) is 3.93. The van der Waals surface area contributed by atoms with E-state index in [9.17, 15) is 17.6 Å². The fraction of sp³-hybridized carbons (Fsp3) is 0.417. The summed E-state index contributed by atoms with van der Waals surface area (Å²) in [6.45, 7) is 0.925. The average Bonchev–Trinajstić information content (AvgIpc) is 2.38. The Kier molecular flexibility index (Phi) is 3.38. The topological polar surface area (TPSA) is 63.2 Å². The lowest BCUT2D eigenvalue weighted by molar-refractivity contribution is 0.0917. The lowest BCUT2D eigenvalue weighted by atomic mass is 9.96. The molecule has 18 heavy (non-hydrogen) atoms. The third kappa shape index (κ3) is 2.25. The van der Waals surface area contributed by atoms with Gasteiger partial charge in [-0.05, 0) is 24.1 Å². The van der Waals surface area contributed by atoms with Gasteiger partial charge in [-0.15, -0.1) is 0 Å². The maximum Gasteiger partial charge on any atom is 0.251 e. The Bertz CT molecular complexity index is 583. The fourth-order valence-electron chi connectivity index (χ4n) is 1.98. The van der Waals surface area contributed by atoms with Crippen molar-refractivity contribution in [1.29, 1.82) is 0 Å². The predicted octanol–water partition coefficient (Wildman–Crippen LogP) is 1.10. The van der Waals surface area contributed by atoms with Crippen LogP contribution in [-0.4, -0.2) is 32.8 Å². The summed E-state index contributed by atoms with van der Waals surface area (Å²) in [4.78, 5) is 11.9. The molecule has 1 amide bonds. The van der Waals surface area contributed by atoms with E-state index in [4.69, 9.17) is 0 Å². The molecule has 1 unspecified atom stereocenters. The Morgan fingerprint density at radius 3 is 2.78 bits per heavy atom. The van der Waals surface area contributed by atoms with E-state index in [-0.39, 0.29) is 10.6 Å². The summed E-state index contributed by atoms with van der Waals surface area (Å²) in [7, 11) is -3.33. The van der Waals surface area contributed by atoms with Crippen LogP contribution in [0.2, 0.25) is 0 Å². The summed E-state index contributed by atoms with van der Waals surface area (Å²) >= 11 is 0. The third-order valence-electron chi connectivity index (χ3n) is 3.05. The van der Waals surface area contributed by atoms with E-state index in [0.717, 1.165) is 0 Å². The van der Waals surface area contributed by atoms with E-state index in [0.29, 0.717) is 17.5 Å². The number of rotatable bonds is 3. The number of carbonyl (C=O) groups excluding carboxylic acids is 1. The van der Waals surface area contributed by atoms with E-state index in [1.165, 1.54) is 12.1 Å². The highest BCUT2D eigenvalue weighted by molar-refractivity contribution is 7.91. The summed E-state index contributed by atoms with van der Waals surface area (Å²) in [5.41, 5.74) is 1.02. The van der Waals surface area contributed by atoms with Crippen molar-refractivity contribution in [2.75, 3.05) is 12.4 Å². The highest BCUT2D eigenvalue weighted by Crippen LogP contribution is 2.21. The highest BCUT2D eigenvalue weighted by atomic mass is 32.2. The zero-order valence-electron chi connectivity index (χ0n) is 9.94. The molecule has 6 heteroatoms. The van der Waals surface area contributed by atoms with E-state index in [1.54, 1.807) is 13.0 Å². The van der Waals surface area contributed by atoms with E-state index in [1.807, 2.05) is 0 Å². The normalized spacial score (nSPS) is 19.2. The SMILES string of the molecule is CCS(=O)(=O)c1ccc2c(c1)C(=O)NC(CF)C2. The first-order valence-electron chi connectivity index (χ1n) is 5.70. The monoisotopic (exact) mass is 271 g/mol. The average molecular weight is 271 g/mol. The molecule has 98 valence electrons. The molecule has 2 rings (SSSR count). The Morgan fingerprint density at radius 2 is 2.17 bits per heavy atom. The number of benzene rings is 1. The number of halogens is 1. The van der Waals surface area contributed by atoms with Crippen molar-refractivity contribution < 1.29 is 17.6 Å². The number of sulfone groups is 1. The maximum absolute atomic E-state index is 12.6. The van der Waals surface area contributed by atoms with Crippen LogP contribution in [0.4, 0.5) is 4.39 Å². The van der Waals surface area contributed by atoms with Crippen LogP contribution >= 0.6 is 0 Å². The number of hydrogen-bond donors (Lipinski definition) is 1. The molecule has 4 nitrogen and oxygen atoms in total. The van der Waals surface area contributed by atoms with Gasteiger partial charge in [-0.3, -0.25) is 4.79 Å². The number of alkyl halides is 1.